The Hall–Kier alpha value is -3.99. The second-order valence-electron chi connectivity index (χ2n) is 9.55. The summed E-state index contributed by atoms with van der Waals surface area (Å²) in [5.74, 6) is 0.873. The van der Waals surface area contributed by atoms with Crippen molar-refractivity contribution in [1.29, 1.82) is 0 Å². The summed E-state index contributed by atoms with van der Waals surface area (Å²) in [4.78, 5) is 34.1. The van der Waals surface area contributed by atoms with Crippen LogP contribution in [0, 0.1) is 12.8 Å². The molecular weight excluding hydrogens is 446 g/mol. The highest BCUT2D eigenvalue weighted by Crippen LogP contribution is 2.25. The summed E-state index contributed by atoms with van der Waals surface area (Å²) < 4.78 is 1.68. The van der Waals surface area contributed by atoms with E-state index in [4.69, 9.17) is 4.98 Å². The molecule has 0 aliphatic carbocycles. The molecule has 0 aliphatic heterocycles. The number of nitrogens with zero attached hydrogens (tertiary/aromatic N) is 3. The number of carbonyl (C=O) groups is 1. The van der Waals surface area contributed by atoms with Gasteiger partial charge in [-0.3, -0.25) is 14.2 Å². The number of amides is 1. The Morgan fingerprint density at radius 1 is 0.944 bits per heavy atom. The smallest absolute Gasteiger partial charge is 0.266 e. The third kappa shape index (κ3) is 5.46. The zero-order chi connectivity index (χ0) is 25.7. The van der Waals surface area contributed by atoms with Crippen LogP contribution in [0.5, 0.6) is 0 Å². The number of aryl methyl sites for hydroxylation is 1. The molecule has 0 aliphatic rings. The van der Waals surface area contributed by atoms with Gasteiger partial charge in [-0.1, -0.05) is 74.5 Å². The van der Waals surface area contributed by atoms with Gasteiger partial charge >= 0.3 is 0 Å². The highest BCUT2D eigenvalue weighted by molar-refractivity contribution is 5.92. The molecule has 36 heavy (non-hydrogen) atoms. The quantitative estimate of drug-likeness (QED) is 0.277. The first-order chi connectivity index (χ1) is 17.4. The molecule has 3 aromatic carbocycles. The Morgan fingerprint density at radius 3 is 2.33 bits per heavy atom. The topological polar surface area (TPSA) is 55.2 Å². The zero-order valence-electron chi connectivity index (χ0n) is 21.4. The molecule has 4 aromatic rings. The molecule has 184 valence electrons. The summed E-state index contributed by atoms with van der Waals surface area (Å²) in [7, 11) is 0. The number of fused-ring (bicyclic) bond motifs is 1. The fraction of sp³-hybridized carbons (Fsp3) is 0.258. The zero-order valence-corrected chi connectivity index (χ0v) is 21.4. The van der Waals surface area contributed by atoms with E-state index in [9.17, 15) is 9.59 Å². The fourth-order valence-electron chi connectivity index (χ4n) is 4.34. The normalized spacial score (nSPS) is 12.4. The van der Waals surface area contributed by atoms with Crippen LogP contribution in [-0.4, -0.2) is 26.9 Å². The lowest BCUT2D eigenvalue weighted by atomic mass is 10.1. The molecule has 5 heteroatoms. The number of hydrogen-bond donors (Lipinski definition) is 0. The maximum absolute atomic E-state index is 13.8. The van der Waals surface area contributed by atoms with Crippen molar-refractivity contribution < 1.29 is 4.79 Å². The molecule has 5 nitrogen and oxygen atoms in total. The number of para-hydroxylation sites is 2. The van der Waals surface area contributed by atoms with Gasteiger partial charge < -0.3 is 4.90 Å². The van der Waals surface area contributed by atoms with E-state index in [0.29, 0.717) is 29.2 Å². The lowest BCUT2D eigenvalue weighted by Crippen LogP contribution is -2.37. The minimum Gasteiger partial charge on any atom is -0.329 e. The van der Waals surface area contributed by atoms with Crippen LogP contribution in [0.25, 0.3) is 22.7 Å². The van der Waals surface area contributed by atoms with E-state index in [-0.39, 0.29) is 11.5 Å². The summed E-state index contributed by atoms with van der Waals surface area (Å²) in [6.07, 6.45) is 4.29. The van der Waals surface area contributed by atoms with Crippen molar-refractivity contribution in [3.8, 4) is 5.69 Å². The Morgan fingerprint density at radius 2 is 1.61 bits per heavy atom. The van der Waals surface area contributed by atoms with Gasteiger partial charge in [0, 0.05) is 12.6 Å². The number of aromatic nitrogens is 2. The lowest BCUT2D eigenvalue weighted by Gasteiger charge is -2.30. The third-order valence-corrected chi connectivity index (χ3v) is 6.45. The average molecular weight is 480 g/mol. The van der Waals surface area contributed by atoms with Crippen LogP contribution in [0.3, 0.4) is 0 Å². The van der Waals surface area contributed by atoms with Crippen LogP contribution in [-0.2, 0) is 4.79 Å². The summed E-state index contributed by atoms with van der Waals surface area (Å²) in [5.41, 5.74) is 3.20. The Bertz CT molecular complexity index is 1440. The van der Waals surface area contributed by atoms with Gasteiger partial charge in [-0.25, -0.2) is 4.98 Å². The molecule has 1 aromatic heterocycles. The van der Waals surface area contributed by atoms with Crippen LogP contribution in [0.15, 0.2) is 89.7 Å². The van der Waals surface area contributed by atoms with Gasteiger partial charge in [-0.2, -0.15) is 0 Å². The molecule has 0 radical (unpaired) electrons. The number of carbonyl (C=O) groups excluding carboxylic acids is 1. The summed E-state index contributed by atoms with van der Waals surface area (Å²) in [6, 6.07) is 24.5. The van der Waals surface area contributed by atoms with E-state index in [1.165, 1.54) is 0 Å². The van der Waals surface area contributed by atoms with Crippen molar-refractivity contribution in [1.82, 2.24) is 14.5 Å². The molecule has 0 N–H and O–H groups in total. The van der Waals surface area contributed by atoms with Gasteiger partial charge in [0.15, 0.2) is 0 Å². The van der Waals surface area contributed by atoms with E-state index in [2.05, 4.69) is 13.8 Å². The van der Waals surface area contributed by atoms with E-state index in [1.807, 2.05) is 97.6 Å². The summed E-state index contributed by atoms with van der Waals surface area (Å²) in [5, 5.41) is 0.556. The Balaban J connectivity index is 1.84. The third-order valence-electron chi connectivity index (χ3n) is 6.45. The number of hydrogen-bond acceptors (Lipinski definition) is 3. The first-order valence-corrected chi connectivity index (χ1v) is 12.5. The molecule has 1 unspecified atom stereocenters. The minimum absolute atomic E-state index is 0.106. The Kier molecular flexibility index (Phi) is 7.79. The second kappa shape index (κ2) is 11.2. The average Bonchev–Trinajstić information content (AvgIpc) is 2.88. The molecule has 0 bridgehead atoms. The standard InChI is InChI=1S/C31H33N3O2/c1-22(2)20-21-33(29(35)19-18-25-13-6-5-7-14-25)24(4)30-32-27-16-10-9-15-26(27)31(36)34(30)28-17-11-8-12-23(28)3/h5-19,22,24H,20-21H2,1-4H3. The fourth-order valence-corrected chi connectivity index (χ4v) is 4.34. The van der Waals surface area contributed by atoms with Crippen molar-refractivity contribution in [3.05, 3.63) is 112 Å². The van der Waals surface area contributed by atoms with Gasteiger partial charge in [-0.15, -0.1) is 0 Å². The van der Waals surface area contributed by atoms with Gasteiger partial charge in [0.05, 0.1) is 22.6 Å². The molecule has 1 atom stereocenters. The van der Waals surface area contributed by atoms with Crippen LogP contribution in [0.4, 0.5) is 0 Å². The monoisotopic (exact) mass is 479 g/mol. The van der Waals surface area contributed by atoms with Crippen molar-refractivity contribution in [2.75, 3.05) is 6.54 Å². The molecule has 0 fully saturated rings. The van der Waals surface area contributed by atoms with E-state index in [1.54, 1.807) is 16.7 Å². The van der Waals surface area contributed by atoms with Gasteiger partial charge in [0.1, 0.15) is 5.82 Å². The summed E-state index contributed by atoms with van der Waals surface area (Å²) >= 11 is 0. The van der Waals surface area contributed by atoms with Crippen LogP contribution >= 0.6 is 0 Å². The molecule has 0 spiro atoms. The van der Waals surface area contributed by atoms with Crippen LogP contribution in [0.1, 0.15) is 50.2 Å². The van der Waals surface area contributed by atoms with Gasteiger partial charge in [0.2, 0.25) is 5.91 Å². The maximum Gasteiger partial charge on any atom is 0.266 e. The molecule has 4 rings (SSSR count). The van der Waals surface area contributed by atoms with Crippen LogP contribution < -0.4 is 5.56 Å². The molecule has 0 saturated carbocycles. The minimum atomic E-state index is -0.423. The number of rotatable bonds is 8. The predicted octanol–water partition coefficient (Wildman–Crippen LogP) is 6.34. The Labute approximate surface area is 212 Å². The van der Waals surface area contributed by atoms with E-state index in [0.717, 1.165) is 23.2 Å². The lowest BCUT2D eigenvalue weighted by molar-refractivity contribution is -0.128. The molecular formula is C31H33N3O2. The van der Waals surface area contributed by atoms with Crippen molar-refractivity contribution in [3.63, 3.8) is 0 Å². The highest BCUT2D eigenvalue weighted by Gasteiger charge is 2.26. The van der Waals surface area contributed by atoms with Gasteiger partial charge in [-0.05, 0) is 61.6 Å². The number of benzene rings is 3. The van der Waals surface area contributed by atoms with E-state index >= 15 is 0 Å². The first kappa shape index (κ1) is 25.1. The summed E-state index contributed by atoms with van der Waals surface area (Å²) in [6.45, 7) is 8.79. The first-order valence-electron chi connectivity index (χ1n) is 12.5. The molecule has 1 amide bonds. The van der Waals surface area contributed by atoms with Crippen molar-refractivity contribution >= 4 is 22.9 Å². The van der Waals surface area contributed by atoms with Gasteiger partial charge in [0.25, 0.3) is 5.56 Å². The highest BCUT2D eigenvalue weighted by atomic mass is 16.2. The predicted molar refractivity (Wildman–Crippen MR) is 147 cm³/mol. The van der Waals surface area contributed by atoms with Crippen LogP contribution in [0.2, 0.25) is 0 Å². The second-order valence-corrected chi connectivity index (χ2v) is 9.55. The largest absolute Gasteiger partial charge is 0.329 e. The molecule has 0 saturated heterocycles. The SMILES string of the molecule is Cc1ccccc1-n1c(C(C)N(CCC(C)C)C(=O)C=Cc2ccccc2)nc2ccccc2c1=O. The van der Waals surface area contributed by atoms with Crippen molar-refractivity contribution in [2.45, 2.75) is 40.2 Å². The maximum atomic E-state index is 13.8. The van der Waals surface area contributed by atoms with E-state index < -0.39 is 6.04 Å². The molecule has 1 heterocycles. The van der Waals surface area contributed by atoms with Crippen molar-refractivity contribution in [2.24, 2.45) is 5.92 Å².